The highest BCUT2D eigenvalue weighted by Crippen LogP contribution is 2.33. The number of piperidine rings is 1. The molecule has 11 heteroatoms. The molecule has 1 fully saturated rings. The summed E-state index contributed by atoms with van der Waals surface area (Å²) in [6, 6.07) is 9.18. The second kappa shape index (κ2) is 9.44. The van der Waals surface area contributed by atoms with Crippen LogP contribution in [0.3, 0.4) is 0 Å². The van der Waals surface area contributed by atoms with E-state index in [4.69, 9.17) is 4.74 Å². The van der Waals surface area contributed by atoms with E-state index in [9.17, 15) is 18.0 Å². The Kier molecular flexibility index (Phi) is 6.72. The van der Waals surface area contributed by atoms with Gasteiger partial charge < -0.3 is 14.5 Å². The van der Waals surface area contributed by atoms with Crippen LogP contribution in [-0.4, -0.2) is 71.3 Å². The molecule has 4 rings (SSSR count). The summed E-state index contributed by atoms with van der Waals surface area (Å²) in [5.41, 5.74) is 1.08. The number of carbonyl (C=O) groups is 2. The van der Waals surface area contributed by atoms with Crippen molar-refractivity contribution in [1.82, 2.24) is 19.8 Å². The number of ether oxygens (including phenoxy) is 1. The molecule has 2 aromatic rings. The maximum absolute atomic E-state index is 13.7. The number of hydrogen-bond donors (Lipinski definition) is 0. The number of likely N-dealkylation sites (tertiary alicyclic amines) is 1. The third-order valence-corrected chi connectivity index (χ3v) is 6.77. The van der Waals surface area contributed by atoms with Gasteiger partial charge in [0.05, 0.1) is 6.54 Å². The van der Waals surface area contributed by atoms with E-state index in [0.29, 0.717) is 43.9 Å². The minimum absolute atomic E-state index is 0.241. The van der Waals surface area contributed by atoms with E-state index in [2.05, 4.69) is 9.97 Å². The van der Waals surface area contributed by atoms with Gasteiger partial charge in [-0.3, -0.25) is 4.90 Å². The molecule has 3 amide bonds. The first-order valence-electron chi connectivity index (χ1n) is 11.6. The smallest absolute Gasteiger partial charge is 0.410 e. The van der Waals surface area contributed by atoms with Crippen molar-refractivity contribution in [2.75, 3.05) is 24.2 Å². The zero-order valence-corrected chi connectivity index (χ0v) is 21.3. The van der Waals surface area contributed by atoms with Gasteiger partial charge in [0.15, 0.2) is 0 Å². The number of hydrogen-bond acceptors (Lipinski definition) is 7. The molecule has 2 aliphatic rings. The zero-order valence-electron chi connectivity index (χ0n) is 20.5. The maximum atomic E-state index is 13.7. The summed E-state index contributed by atoms with van der Waals surface area (Å²) in [6.45, 7) is 6.98. The normalized spacial score (nSPS) is 17.4. The topological polar surface area (TPSA) is 113 Å². The lowest BCUT2D eigenvalue weighted by molar-refractivity contribution is 0.0205. The lowest BCUT2D eigenvalue weighted by Crippen LogP contribution is -2.55. The molecule has 1 saturated heterocycles. The Morgan fingerprint density at radius 2 is 1.80 bits per heavy atom. The highest BCUT2D eigenvalue weighted by Gasteiger charge is 2.39. The van der Waals surface area contributed by atoms with Gasteiger partial charge in [-0.1, -0.05) is 30.3 Å². The Bertz CT molecular complexity index is 1200. The van der Waals surface area contributed by atoms with Crippen LogP contribution in [0.1, 0.15) is 44.7 Å². The summed E-state index contributed by atoms with van der Waals surface area (Å²) < 4.78 is 29.7. The molecule has 188 valence electrons. The van der Waals surface area contributed by atoms with Gasteiger partial charge in [0, 0.05) is 43.7 Å². The van der Waals surface area contributed by atoms with Crippen molar-refractivity contribution in [1.29, 1.82) is 0 Å². The molecular weight excluding hydrogens is 470 g/mol. The molecule has 0 bridgehead atoms. The van der Waals surface area contributed by atoms with Gasteiger partial charge >= 0.3 is 12.1 Å². The minimum atomic E-state index is -3.65. The zero-order chi connectivity index (χ0) is 25.4. The monoisotopic (exact) mass is 501 g/mol. The number of urea groups is 1. The standard InChI is InChI=1S/C24H31N5O5S/c1-24(2,3)34-23(31)27-12-10-19(11-13-27)29-20-18(14-25-21(26-20)35(4,32)33)16-28(22(29)30)15-17-8-6-5-7-9-17/h5-9,14,19H,10-13,15-16H2,1-4H3. The van der Waals surface area contributed by atoms with Crippen molar-refractivity contribution >= 4 is 27.8 Å². The summed E-state index contributed by atoms with van der Waals surface area (Å²) >= 11 is 0. The molecule has 0 radical (unpaired) electrons. The van der Waals surface area contributed by atoms with Crippen LogP contribution in [-0.2, 0) is 27.7 Å². The molecule has 0 unspecified atom stereocenters. The summed E-state index contributed by atoms with van der Waals surface area (Å²) in [5, 5.41) is -0.309. The molecule has 0 atom stereocenters. The Morgan fingerprint density at radius 3 is 2.40 bits per heavy atom. The second-order valence-corrected chi connectivity index (χ2v) is 11.9. The van der Waals surface area contributed by atoms with E-state index in [-0.39, 0.29) is 29.9 Å². The predicted octanol–water partition coefficient (Wildman–Crippen LogP) is 3.22. The third kappa shape index (κ3) is 5.72. The van der Waals surface area contributed by atoms with E-state index in [0.717, 1.165) is 11.8 Å². The number of rotatable bonds is 4. The van der Waals surface area contributed by atoms with Crippen LogP contribution >= 0.6 is 0 Å². The van der Waals surface area contributed by atoms with Crippen molar-refractivity contribution in [3.05, 3.63) is 47.7 Å². The van der Waals surface area contributed by atoms with E-state index < -0.39 is 15.4 Å². The van der Waals surface area contributed by atoms with E-state index >= 15 is 0 Å². The average Bonchev–Trinajstić information content (AvgIpc) is 2.78. The summed E-state index contributed by atoms with van der Waals surface area (Å²) in [5.74, 6) is 0.324. The molecule has 3 heterocycles. The van der Waals surface area contributed by atoms with Crippen molar-refractivity contribution in [3.8, 4) is 0 Å². The molecule has 0 spiro atoms. The number of sulfone groups is 1. The average molecular weight is 502 g/mol. The van der Waals surface area contributed by atoms with E-state index in [1.54, 1.807) is 14.7 Å². The first-order chi connectivity index (χ1) is 16.4. The van der Waals surface area contributed by atoms with Gasteiger partial charge in [-0.2, -0.15) is 0 Å². The summed E-state index contributed by atoms with van der Waals surface area (Å²) in [7, 11) is -3.65. The minimum Gasteiger partial charge on any atom is -0.444 e. The molecule has 0 saturated carbocycles. The highest BCUT2D eigenvalue weighted by molar-refractivity contribution is 7.90. The number of aromatic nitrogens is 2. The van der Waals surface area contributed by atoms with E-state index in [1.165, 1.54) is 6.20 Å². The Labute approximate surface area is 205 Å². The quantitative estimate of drug-likeness (QED) is 0.591. The van der Waals surface area contributed by atoms with Crippen LogP contribution < -0.4 is 4.90 Å². The first-order valence-corrected chi connectivity index (χ1v) is 13.5. The van der Waals surface area contributed by atoms with Gasteiger partial charge in [-0.25, -0.2) is 28.0 Å². The van der Waals surface area contributed by atoms with Crippen LogP contribution in [0.15, 0.2) is 41.7 Å². The van der Waals surface area contributed by atoms with Crippen LogP contribution in [0.4, 0.5) is 15.4 Å². The Hall–Kier alpha value is -3.21. The molecule has 0 aliphatic carbocycles. The lowest BCUT2D eigenvalue weighted by atomic mass is 10.0. The Balaban J connectivity index is 1.61. The Morgan fingerprint density at radius 1 is 1.14 bits per heavy atom. The van der Waals surface area contributed by atoms with Crippen molar-refractivity contribution in [2.24, 2.45) is 0 Å². The fraction of sp³-hybridized carbons (Fsp3) is 0.500. The number of amides is 3. The van der Waals surface area contributed by atoms with Crippen molar-refractivity contribution in [2.45, 2.75) is 63.5 Å². The fourth-order valence-corrected chi connectivity index (χ4v) is 4.78. The van der Waals surface area contributed by atoms with Gasteiger partial charge in [-0.15, -0.1) is 0 Å². The maximum Gasteiger partial charge on any atom is 0.410 e. The molecule has 10 nitrogen and oxygen atoms in total. The SMILES string of the molecule is CC(C)(C)OC(=O)N1CCC(N2C(=O)N(Cc3ccccc3)Cc3cnc(S(C)(=O)=O)nc32)CC1. The van der Waals surface area contributed by atoms with Gasteiger partial charge in [0.2, 0.25) is 15.0 Å². The second-order valence-electron chi connectivity index (χ2n) is 9.97. The number of anilines is 1. The van der Waals surface area contributed by atoms with Crippen molar-refractivity contribution in [3.63, 3.8) is 0 Å². The van der Waals surface area contributed by atoms with Crippen molar-refractivity contribution < 1.29 is 22.7 Å². The molecule has 0 N–H and O–H groups in total. The summed E-state index contributed by atoms with van der Waals surface area (Å²) in [6.07, 6.45) is 3.19. The van der Waals surface area contributed by atoms with Crippen LogP contribution in [0.2, 0.25) is 0 Å². The molecule has 1 aromatic heterocycles. The highest BCUT2D eigenvalue weighted by atomic mass is 32.2. The van der Waals surface area contributed by atoms with Gasteiger partial charge in [0.25, 0.3) is 0 Å². The van der Waals surface area contributed by atoms with Gasteiger partial charge in [-0.05, 0) is 39.2 Å². The fourth-order valence-electron chi connectivity index (χ4n) is 4.29. The number of fused-ring (bicyclic) bond motifs is 1. The van der Waals surface area contributed by atoms with Gasteiger partial charge in [0.1, 0.15) is 11.4 Å². The molecule has 1 aromatic carbocycles. The number of benzene rings is 1. The first kappa shape index (κ1) is 24.9. The predicted molar refractivity (Wildman–Crippen MR) is 130 cm³/mol. The molecular formula is C24H31N5O5S. The summed E-state index contributed by atoms with van der Waals surface area (Å²) in [4.78, 5) is 39.5. The molecule has 35 heavy (non-hydrogen) atoms. The van der Waals surface area contributed by atoms with Crippen LogP contribution in [0.25, 0.3) is 0 Å². The molecule has 2 aliphatic heterocycles. The largest absolute Gasteiger partial charge is 0.444 e. The van der Waals surface area contributed by atoms with Crippen LogP contribution in [0.5, 0.6) is 0 Å². The lowest BCUT2D eigenvalue weighted by Gasteiger charge is -2.43. The van der Waals surface area contributed by atoms with Crippen LogP contribution in [0, 0.1) is 0 Å². The number of carbonyl (C=O) groups excluding carboxylic acids is 2. The van der Waals surface area contributed by atoms with E-state index in [1.807, 2.05) is 51.1 Å². The number of nitrogens with zero attached hydrogens (tertiary/aromatic N) is 5. The third-order valence-electron chi connectivity index (χ3n) is 5.91.